The molecule has 1 unspecified atom stereocenters. The van der Waals surface area contributed by atoms with Crippen LogP contribution in [0.1, 0.15) is 25.8 Å². The van der Waals surface area contributed by atoms with Crippen molar-refractivity contribution in [1.82, 2.24) is 10.2 Å². The Balaban J connectivity index is 2.14. The SMILES string of the molecule is CC(C)NCc1c(Cl)cccc1OC1CCN(C)C1=O. The van der Waals surface area contributed by atoms with E-state index < -0.39 is 6.10 Å². The molecular weight excluding hydrogens is 276 g/mol. The molecule has 1 aliphatic heterocycles. The number of ether oxygens (including phenoxy) is 1. The van der Waals surface area contributed by atoms with E-state index in [0.29, 0.717) is 23.4 Å². The van der Waals surface area contributed by atoms with Gasteiger partial charge < -0.3 is 15.0 Å². The van der Waals surface area contributed by atoms with Crippen molar-refractivity contribution in [3.63, 3.8) is 0 Å². The maximum atomic E-state index is 11.9. The molecule has 1 amide bonds. The number of nitrogens with one attached hydrogen (secondary N) is 1. The minimum Gasteiger partial charge on any atom is -0.480 e. The van der Waals surface area contributed by atoms with Crippen molar-refractivity contribution in [2.75, 3.05) is 13.6 Å². The summed E-state index contributed by atoms with van der Waals surface area (Å²) in [6, 6.07) is 5.92. The molecule has 1 N–H and O–H groups in total. The first-order valence-corrected chi connectivity index (χ1v) is 7.29. The van der Waals surface area contributed by atoms with Crippen LogP contribution in [-0.2, 0) is 11.3 Å². The fraction of sp³-hybridized carbons (Fsp3) is 0.533. The van der Waals surface area contributed by atoms with Crippen molar-refractivity contribution in [3.05, 3.63) is 28.8 Å². The normalized spacial score (nSPS) is 18.9. The maximum Gasteiger partial charge on any atom is 0.263 e. The molecule has 5 heteroatoms. The number of halogens is 1. The highest BCUT2D eigenvalue weighted by atomic mass is 35.5. The summed E-state index contributed by atoms with van der Waals surface area (Å²) in [7, 11) is 1.80. The predicted molar refractivity (Wildman–Crippen MR) is 80.1 cm³/mol. The topological polar surface area (TPSA) is 41.6 Å². The van der Waals surface area contributed by atoms with Gasteiger partial charge in [0.15, 0.2) is 6.10 Å². The van der Waals surface area contributed by atoms with Gasteiger partial charge in [-0.15, -0.1) is 0 Å². The van der Waals surface area contributed by atoms with Gasteiger partial charge >= 0.3 is 0 Å². The number of rotatable bonds is 5. The van der Waals surface area contributed by atoms with Gasteiger partial charge in [0.05, 0.1) is 0 Å². The second-order valence-electron chi connectivity index (χ2n) is 5.41. The van der Waals surface area contributed by atoms with Gasteiger partial charge in [0.1, 0.15) is 5.75 Å². The zero-order chi connectivity index (χ0) is 14.7. The van der Waals surface area contributed by atoms with E-state index in [-0.39, 0.29) is 5.91 Å². The van der Waals surface area contributed by atoms with Gasteiger partial charge in [-0.2, -0.15) is 0 Å². The molecule has 0 spiro atoms. The lowest BCUT2D eigenvalue weighted by atomic mass is 10.2. The second-order valence-corrected chi connectivity index (χ2v) is 5.81. The van der Waals surface area contributed by atoms with Gasteiger partial charge in [-0.25, -0.2) is 0 Å². The predicted octanol–water partition coefficient (Wildman–Crippen LogP) is 2.45. The number of hydrogen-bond donors (Lipinski definition) is 1. The third-order valence-electron chi connectivity index (χ3n) is 3.41. The zero-order valence-corrected chi connectivity index (χ0v) is 12.9. The lowest BCUT2D eigenvalue weighted by Crippen LogP contribution is -2.30. The van der Waals surface area contributed by atoms with E-state index in [0.717, 1.165) is 18.5 Å². The van der Waals surface area contributed by atoms with Gasteiger partial charge in [-0.1, -0.05) is 31.5 Å². The average Bonchev–Trinajstić information content (AvgIpc) is 2.70. The van der Waals surface area contributed by atoms with E-state index in [9.17, 15) is 4.79 Å². The Morgan fingerprint density at radius 1 is 1.50 bits per heavy atom. The number of likely N-dealkylation sites (N-methyl/N-ethyl adjacent to an activating group) is 1. The Kier molecular flexibility index (Phi) is 4.89. The summed E-state index contributed by atoms with van der Waals surface area (Å²) in [4.78, 5) is 13.6. The van der Waals surface area contributed by atoms with Crippen LogP contribution in [0.3, 0.4) is 0 Å². The van der Waals surface area contributed by atoms with E-state index in [2.05, 4.69) is 19.2 Å². The van der Waals surface area contributed by atoms with Gasteiger partial charge in [0.25, 0.3) is 5.91 Å². The van der Waals surface area contributed by atoms with Crippen LogP contribution in [0.2, 0.25) is 5.02 Å². The molecule has 110 valence electrons. The third kappa shape index (κ3) is 3.44. The fourth-order valence-corrected chi connectivity index (χ4v) is 2.41. The summed E-state index contributed by atoms with van der Waals surface area (Å²) < 4.78 is 5.89. The number of likely N-dealkylation sites (tertiary alicyclic amines) is 1. The summed E-state index contributed by atoms with van der Waals surface area (Å²) in [6.45, 7) is 5.52. The fourth-order valence-electron chi connectivity index (χ4n) is 2.18. The highest BCUT2D eigenvalue weighted by Gasteiger charge is 2.31. The Morgan fingerprint density at radius 2 is 2.25 bits per heavy atom. The molecule has 2 rings (SSSR count). The van der Waals surface area contributed by atoms with Crippen molar-refractivity contribution in [1.29, 1.82) is 0 Å². The molecule has 0 aliphatic carbocycles. The van der Waals surface area contributed by atoms with Gasteiger partial charge in [-0.05, 0) is 12.1 Å². The summed E-state index contributed by atoms with van der Waals surface area (Å²) in [5, 5.41) is 3.99. The number of amides is 1. The van der Waals surface area contributed by atoms with Crippen LogP contribution in [0.25, 0.3) is 0 Å². The number of benzene rings is 1. The van der Waals surface area contributed by atoms with Crippen LogP contribution >= 0.6 is 11.6 Å². The minimum atomic E-state index is -0.392. The quantitative estimate of drug-likeness (QED) is 0.907. The molecule has 0 aromatic heterocycles. The number of nitrogens with zero attached hydrogens (tertiary/aromatic N) is 1. The Hall–Kier alpha value is -1.26. The molecule has 0 radical (unpaired) electrons. The van der Waals surface area contributed by atoms with Crippen molar-refractivity contribution in [3.8, 4) is 5.75 Å². The highest BCUT2D eigenvalue weighted by Crippen LogP contribution is 2.29. The molecule has 1 saturated heterocycles. The van der Waals surface area contributed by atoms with Gasteiger partial charge in [0, 0.05) is 43.2 Å². The van der Waals surface area contributed by atoms with E-state index in [1.807, 2.05) is 18.2 Å². The molecule has 20 heavy (non-hydrogen) atoms. The summed E-state index contributed by atoms with van der Waals surface area (Å²) >= 11 is 6.25. The van der Waals surface area contributed by atoms with E-state index in [1.54, 1.807) is 11.9 Å². The van der Waals surface area contributed by atoms with Gasteiger partial charge in [-0.3, -0.25) is 4.79 Å². The first kappa shape index (κ1) is 15.1. The Labute approximate surface area is 125 Å². The Bertz CT molecular complexity index is 491. The van der Waals surface area contributed by atoms with Crippen LogP contribution in [0, 0.1) is 0 Å². The van der Waals surface area contributed by atoms with Crippen LogP contribution in [-0.4, -0.2) is 36.5 Å². The van der Waals surface area contributed by atoms with Crippen LogP contribution in [0.4, 0.5) is 0 Å². The summed E-state index contributed by atoms with van der Waals surface area (Å²) in [5.41, 5.74) is 0.908. The number of hydrogen-bond acceptors (Lipinski definition) is 3. The molecule has 4 nitrogen and oxygen atoms in total. The van der Waals surface area contributed by atoms with Crippen molar-refractivity contribution < 1.29 is 9.53 Å². The Morgan fingerprint density at radius 3 is 2.85 bits per heavy atom. The molecule has 1 aromatic rings. The molecular formula is C15H21ClN2O2. The first-order valence-electron chi connectivity index (χ1n) is 6.91. The van der Waals surface area contributed by atoms with Crippen LogP contribution in [0.15, 0.2) is 18.2 Å². The van der Waals surface area contributed by atoms with Crippen molar-refractivity contribution >= 4 is 17.5 Å². The largest absolute Gasteiger partial charge is 0.480 e. The lowest BCUT2D eigenvalue weighted by Gasteiger charge is -2.18. The lowest BCUT2D eigenvalue weighted by molar-refractivity contribution is -0.132. The van der Waals surface area contributed by atoms with Gasteiger partial charge in [0.2, 0.25) is 0 Å². The summed E-state index contributed by atoms with van der Waals surface area (Å²) in [5.74, 6) is 0.729. The van der Waals surface area contributed by atoms with Crippen LogP contribution in [0.5, 0.6) is 5.75 Å². The van der Waals surface area contributed by atoms with Crippen molar-refractivity contribution in [2.24, 2.45) is 0 Å². The standard InChI is InChI=1S/C15H21ClN2O2/c1-10(2)17-9-11-12(16)5-4-6-13(11)20-14-7-8-18(3)15(14)19/h4-6,10,14,17H,7-9H2,1-3H3. The zero-order valence-electron chi connectivity index (χ0n) is 12.1. The van der Waals surface area contributed by atoms with Crippen molar-refractivity contribution in [2.45, 2.75) is 39.0 Å². The maximum absolute atomic E-state index is 11.9. The number of carbonyl (C=O) groups excluding carboxylic acids is 1. The minimum absolute atomic E-state index is 0.0349. The summed E-state index contributed by atoms with van der Waals surface area (Å²) in [6.07, 6.45) is 0.329. The van der Waals surface area contributed by atoms with E-state index in [1.165, 1.54) is 0 Å². The van der Waals surface area contributed by atoms with E-state index in [4.69, 9.17) is 16.3 Å². The number of carbonyl (C=O) groups is 1. The average molecular weight is 297 g/mol. The molecule has 1 heterocycles. The van der Waals surface area contributed by atoms with E-state index >= 15 is 0 Å². The third-order valence-corrected chi connectivity index (χ3v) is 3.76. The van der Waals surface area contributed by atoms with Crippen LogP contribution < -0.4 is 10.1 Å². The second kappa shape index (κ2) is 6.46. The smallest absolute Gasteiger partial charge is 0.263 e. The first-order chi connectivity index (χ1) is 9.49. The molecule has 1 aromatic carbocycles. The molecule has 1 atom stereocenters. The molecule has 1 fully saturated rings. The highest BCUT2D eigenvalue weighted by molar-refractivity contribution is 6.31. The molecule has 0 bridgehead atoms. The molecule has 0 saturated carbocycles. The monoisotopic (exact) mass is 296 g/mol. The molecule has 1 aliphatic rings.